The smallest absolute Gasteiger partial charge is 0.407 e. The Morgan fingerprint density at radius 1 is 1.06 bits per heavy atom. The average molecular weight is 455 g/mol. The molecule has 3 N–H and O–H groups in total. The first-order valence-electron chi connectivity index (χ1n) is 10.9. The quantitative estimate of drug-likeness (QED) is 0.508. The SMILES string of the molecule is COCC(C)(NC(=O)CC(C)CNC(=O)OCC1c2ccccc2-c2ccccc21)C(=O)O. The summed E-state index contributed by atoms with van der Waals surface area (Å²) in [4.78, 5) is 36.0. The molecule has 0 aromatic heterocycles. The predicted molar refractivity (Wildman–Crippen MR) is 123 cm³/mol. The van der Waals surface area contributed by atoms with E-state index in [1.165, 1.54) is 14.0 Å². The molecule has 8 nitrogen and oxygen atoms in total. The van der Waals surface area contributed by atoms with E-state index in [2.05, 4.69) is 34.9 Å². The van der Waals surface area contributed by atoms with Crippen LogP contribution in [0.15, 0.2) is 48.5 Å². The zero-order valence-electron chi connectivity index (χ0n) is 19.1. The number of carbonyl (C=O) groups excluding carboxylic acids is 2. The lowest BCUT2D eigenvalue weighted by Gasteiger charge is -2.26. The molecular weight excluding hydrogens is 424 g/mol. The maximum Gasteiger partial charge on any atom is 0.407 e. The van der Waals surface area contributed by atoms with Crippen LogP contribution in [0.3, 0.4) is 0 Å². The topological polar surface area (TPSA) is 114 Å². The highest BCUT2D eigenvalue weighted by Gasteiger charge is 2.35. The third-order valence-electron chi connectivity index (χ3n) is 5.79. The van der Waals surface area contributed by atoms with E-state index in [1.807, 2.05) is 24.3 Å². The third kappa shape index (κ3) is 5.70. The van der Waals surface area contributed by atoms with Gasteiger partial charge in [0.2, 0.25) is 5.91 Å². The standard InChI is InChI=1S/C25H30N2O6/c1-16(12-22(28)27-25(2,15-32-3)23(29)30)13-26-24(31)33-14-21-19-10-6-4-8-17(19)18-9-5-7-11-20(18)21/h4-11,16,21H,12-15H2,1-3H3,(H,26,31)(H,27,28)(H,29,30). The molecule has 2 atom stereocenters. The van der Waals surface area contributed by atoms with Gasteiger partial charge in [0.15, 0.2) is 5.54 Å². The molecule has 0 fully saturated rings. The van der Waals surface area contributed by atoms with Crippen LogP contribution in [-0.2, 0) is 19.1 Å². The lowest BCUT2D eigenvalue weighted by Crippen LogP contribution is -2.55. The molecule has 2 aromatic rings. The Balaban J connectivity index is 1.48. The van der Waals surface area contributed by atoms with Gasteiger partial charge in [-0.05, 0) is 35.1 Å². The molecule has 176 valence electrons. The molecule has 1 aliphatic carbocycles. The maximum absolute atomic E-state index is 12.3. The van der Waals surface area contributed by atoms with E-state index in [4.69, 9.17) is 9.47 Å². The summed E-state index contributed by atoms with van der Waals surface area (Å²) in [6, 6.07) is 16.2. The van der Waals surface area contributed by atoms with Gasteiger partial charge in [0.1, 0.15) is 6.61 Å². The number of aliphatic carboxylic acids is 1. The summed E-state index contributed by atoms with van der Waals surface area (Å²) in [6.07, 6.45) is -0.505. The number of carboxylic acid groups (broad SMARTS) is 1. The summed E-state index contributed by atoms with van der Waals surface area (Å²) in [7, 11) is 1.37. The van der Waals surface area contributed by atoms with E-state index >= 15 is 0 Å². The van der Waals surface area contributed by atoms with Crippen molar-refractivity contribution in [3.8, 4) is 11.1 Å². The zero-order valence-corrected chi connectivity index (χ0v) is 19.1. The fourth-order valence-corrected chi connectivity index (χ4v) is 4.09. The molecule has 2 unspecified atom stereocenters. The minimum Gasteiger partial charge on any atom is -0.479 e. The van der Waals surface area contributed by atoms with E-state index in [1.54, 1.807) is 6.92 Å². The van der Waals surface area contributed by atoms with Crippen LogP contribution >= 0.6 is 0 Å². The molecule has 0 saturated carbocycles. The second-order valence-corrected chi connectivity index (χ2v) is 8.63. The molecule has 1 aliphatic rings. The van der Waals surface area contributed by atoms with E-state index in [0.717, 1.165) is 22.3 Å². The van der Waals surface area contributed by atoms with Crippen LogP contribution < -0.4 is 10.6 Å². The van der Waals surface area contributed by atoms with E-state index in [-0.39, 0.29) is 38.0 Å². The minimum absolute atomic E-state index is 0.0270. The van der Waals surface area contributed by atoms with Gasteiger partial charge >= 0.3 is 12.1 Å². The lowest BCUT2D eigenvalue weighted by molar-refractivity contribution is -0.149. The first-order chi connectivity index (χ1) is 15.7. The Morgan fingerprint density at radius 2 is 1.64 bits per heavy atom. The summed E-state index contributed by atoms with van der Waals surface area (Å²) >= 11 is 0. The van der Waals surface area contributed by atoms with Gasteiger partial charge < -0.3 is 25.2 Å². The normalized spacial score (nSPS) is 15.0. The van der Waals surface area contributed by atoms with Crippen LogP contribution in [0.25, 0.3) is 11.1 Å². The number of nitrogens with one attached hydrogen (secondary N) is 2. The number of fused-ring (bicyclic) bond motifs is 3. The van der Waals surface area contributed by atoms with Crippen LogP contribution in [0, 0.1) is 5.92 Å². The molecule has 2 aromatic carbocycles. The average Bonchev–Trinajstić information content (AvgIpc) is 3.10. The fraction of sp³-hybridized carbons (Fsp3) is 0.400. The summed E-state index contributed by atoms with van der Waals surface area (Å²) < 4.78 is 10.4. The highest BCUT2D eigenvalue weighted by molar-refractivity contribution is 5.87. The molecule has 8 heteroatoms. The zero-order chi connectivity index (χ0) is 24.0. The molecule has 0 spiro atoms. The summed E-state index contributed by atoms with van der Waals surface area (Å²) in [5.41, 5.74) is 3.07. The van der Waals surface area contributed by atoms with Crippen LogP contribution in [0.1, 0.15) is 37.3 Å². The molecule has 0 saturated heterocycles. The van der Waals surface area contributed by atoms with Gasteiger partial charge in [0.05, 0.1) is 6.61 Å². The molecule has 0 aliphatic heterocycles. The van der Waals surface area contributed by atoms with Crippen molar-refractivity contribution >= 4 is 18.0 Å². The number of rotatable bonds is 10. The number of methoxy groups -OCH3 is 1. The molecule has 33 heavy (non-hydrogen) atoms. The van der Waals surface area contributed by atoms with Gasteiger partial charge in [-0.15, -0.1) is 0 Å². The molecule has 3 rings (SSSR count). The summed E-state index contributed by atoms with van der Waals surface area (Å²) in [5.74, 6) is -1.85. The molecule has 0 radical (unpaired) electrons. The van der Waals surface area contributed by atoms with Gasteiger partial charge in [-0.3, -0.25) is 4.79 Å². The second-order valence-electron chi connectivity index (χ2n) is 8.63. The Labute approximate surface area is 193 Å². The first kappa shape index (κ1) is 24.3. The van der Waals surface area contributed by atoms with Crippen LogP contribution in [0.5, 0.6) is 0 Å². The number of ether oxygens (including phenoxy) is 2. The number of alkyl carbamates (subject to hydrolysis) is 1. The molecule has 0 heterocycles. The van der Waals surface area contributed by atoms with Crippen molar-refractivity contribution in [1.29, 1.82) is 0 Å². The summed E-state index contributed by atoms with van der Waals surface area (Å²) in [6.45, 7) is 3.45. The number of carboxylic acids is 1. The van der Waals surface area contributed by atoms with Crippen molar-refractivity contribution in [2.75, 3.05) is 26.9 Å². The third-order valence-corrected chi connectivity index (χ3v) is 5.79. The minimum atomic E-state index is -1.51. The number of amides is 2. The maximum atomic E-state index is 12.3. The molecule has 0 bridgehead atoms. The van der Waals surface area contributed by atoms with Gasteiger partial charge in [-0.25, -0.2) is 9.59 Å². The largest absolute Gasteiger partial charge is 0.479 e. The summed E-state index contributed by atoms with van der Waals surface area (Å²) in [5, 5.41) is 14.5. The number of hydrogen-bond acceptors (Lipinski definition) is 5. The number of hydrogen-bond donors (Lipinski definition) is 3. The van der Waals surface area contributed by atoms with Crippen LogP contribution in [0.2, 0.25) is 0 Å². The number of carbonyl (C=O) groups is 3. The van der Waals surface area contributed by atoms with Crippen molar-refractivity contribution < 1.29 is 29.0 Å². The highest BCUT2D eigenvalue weighted by Crippen LogP contribution is 2.44. The van der Waals surface area contributed by atoms with E-state index in [0.29, 0.717) is 0 Å². The van der Waals surface area contributed by atoms with Crippen LogP contribution in [0.4, 0.5) is 4.79 Å². The predicted octanol–water partition coefficient (Wildman–Crippen LogP) is 3.16. The van der Waals surface area contributed by atoms with Gasteiger partial charge in [0.25, 0.3) is 0 Å². The molecular formula is C25H30N2O6. The Hall–Kier alpha value is -3.39. The first-order valence-corrected chi connectivity index (χ1v) is 10.9. The molecule has 2 amide bonds. The van der Waals surface area contributed by atoms with Crippen LogP contribution in [-0.4, -0.2) is 55.5 Å². The highest BCUT2D eigenvalue weighted by atomic mass is 16.5. The number of benzene rings is 2. The van der Waals surface area contributed by atoms with Crippen molar-refractivity contribution in [1.82, 2.24) is 10.6 Å². The lowest BCUT2D eigenvalue weighted by atomic mass is 9.98. The van der Waals surface area contributed by atoms with E-state index in [9.17, 15) is 19.5 Å². The van der Waals surface area contributed by atoms with Crippen molar-refractivity contribution in [3.63, 3.8) is 0 Å². The Morgan fingerprint density at radius 3 is 2.18 bits per heavy atom. The Bertz CT molecular complexity index is 978. The van der Waals surface area contributed by atoms with Crippen molar-refractivity contribution in [2.45, 2.75) is 31.7 Å². The fourth-order valence-electron chi connectivity index (χ4n) is 4.09. The van der Waals surface area contributed by atoms with Crippen molar-refractivity contribution in [2.24, 2.45) is 5.92 Å². The van der Waals surface area contributed by atoms with Crippen molar-refractivity contribution in [3.05, 3.63) is 59.7 Å². The van der Waals surface area contributed by atoms with Gasteiger partial charge in [-0.1, -0.05) is 55.5 Å². The monoisotopic (exact) mass is 454 g/mol. The van der Waals surface area contributed by atoms with E-state index < -0.39 is 23.5 Å². The Kier molecular flexibility index (Phi) is 7.71. The van der Waals surface area contributed by atoms with Gasteiger partial charge in [-0.2, -0.15) is 0 Å². The second kappa shape index (κ2) is 10.5. The van der Waals surface area contributed by atoms with Gasteiger partial charge in [0, 0.05) is 26.0 Å².